The molecule has 0 aliphatic rings. The van der Waals surface area contributed by atoms with Gasteiger partial charge in [-0.1, -0.05) is 5.21 Å². The maximum absolute atomic E-state index is 11.5. The Bertz CT molecular complexity index is 364. The number of aromatic nitrogens is 3. The molecule has 0 saturated carbocycles. The molecule has 96 valence electrons. The van der Waals surface area contributed by atoms with Crippen molar-refractivity contribution in [3.63, 3.8) is 0 Å². The third-order valence-corrected chi connectivity index (χ3v) is 2.13. The van der Waals surface area contributed by atoms with Gasteiger partial charge in [0.1, 0.15) is 0 Å². The van der Waals surface area contributed by atoms with Crippen LogP contribution in [0.15, 0.2) is 0 Å². The Hall–Kier alpha value is -1.47. The van der Waals surface area contributed by atoms with Crippen LogP contribution in [0.25, 0.3) is 0 Å². The lowest BCUT2D eigenvalue weighted by atomic mass is 10.3. The van der Waals surface area contributed by atoms with E-state index in [1.54, 1.807) is 18.5 Å². The highest BCUT2D eigenvalue weighted by Crippen LogP contribution is 2.05. The summed E-state index contributed by atoms with van der Waals surface area (Å²) in [4.78, 5) is 11.5. The summed E-state index contributed by atoms with van der Waals surface area (Å²) in [6, 6.07) is 0. The number of rotatable bonds is 7. The van der Waals surface area contributed by atoms with Crippen LogP contribution in [0.3, 0.4) is 0 Å². The summed E-state index contributed by atoms with van der Waals surface area (Å²) in [5.41, 5.74) is 0.880. The molecule has 0 bridgehead atoms. The topological polar surface area (TPSA) is 86.5 Å². The zero-order valence-electron chi connectivity index (χ0n) is 10.0. The fraction of sp³-hybridized carbons (Fsp3) is 0.700. The SMILES string of the molecule is CCOC(=O)c1nnn(CCOCCO)c1C. The number of hydrogen-bond acceptors (Lipinski definition) is 6. The Kier molecular flexibility index (Phi) is 5.58. The van der Waals surface area contributed by atoms with Crippen molar-refractivity contribution in [2.24, 2.45) is 0 Å². The first-order chi connectivity index (χ1) is 8.20. The highest BCUT2D eigenvalue weighted by atomic mass is 16.5. The van der Waals surface area contributed by atoms with Gasteiger partial charge in [0.2, 0.25) is 0 Å². The van der Waals surface area contributed by atoms with E-state index in [9.17, 15) is 4.79 Å². The largest absolute Gasteiger partial charge is 0.461 e. The number of aliphatic hydroxyl groups excluding tert-OH is 1. The van der Waals surface area contributed by atoms with E-state index in [1.165, 1.54) is 0 Å². The van der Waals surface area contributed by atoms with E-state index in [2.05, 4.69) is 10.3 Å². The molecule has 1 rings (SSSR count). The summed E-state index contributed by atoms with van der Waals surface area (Å²) in [7, 11) is 0. The maximum Gasteiger partial charge on any atom is 0.360 e. The zero-order chi connectivity index (χ0) is 12.7. The number of esters is 1. The van der Waals surface area contributed by atoms with E-state index >= 15 is 0 Å². The summed E-state index contributed by atoms with van der Waals surface area (Å²) in [6.45, 7) is 4.97. The van der Waals surface area contributed by atoms with Crippen molar-refractivity contribution in [2.75, 3.05) is 26.4 Å². The molecule has 7 nitrogen and oxygen atoms in total. The summed E-state index contributed by atoms with van der Waals surface area (Å²) >= 11 is 0. The van der Waals surface area contributed by atoms with Crippen molar-refractivity contribution in [3.05, 3.63) is 11.4 Å². The Balaban J connectivity index is 2.54. The lowest BCUT2D eigenvalue weighted by Crippen LogP contribution is -2.12. The molecular formula is C10H17N3O4. The molecule has 0 fully saturated rings. The van der Waals surface area contributed by atoms with E-state index in [4.69, 9.17) is 14.6 Å². The van der Waals surface area contributed by atoms with Crippen LogP contribution in [0.5, 0.6) is 0 Å². The molecule has 0 aliphatic heterocycles. The molecule has 0 unspecified atom stereocenters. The Morgan fingerprint density at radius 1 is 1.47 bits per heavy atom. The molecule has 0 spiro atoms. The van der Waals surface area contributed by atoms with Crippen molar-refractivity contribution >= 4 is 5.97 Å². The van der Waals surface area contributed by atoms with Crippen molar-refractivity contribution < 1.29 is 19.4 Å². The molecule has 0 radical (unpaired) electrons. The van der Waals surface area contributed by atoms with Gasteiger partial charge in [0.05, 0.1) is 38.7 Å². The molecule has 0 aromatic carbocycles. The summed E-state index contributed by atoms with van der Waals surface area (Å²) in [5, 5.41) is 16.1. The van der Waals surface area contributed by atoms with E-state index in [0.717, 1.165) is 0 Å². The predicted molar refractivity (Wildman–Crippen MR) is 58.6 cm³/mol. The minimum absolute atomic E-state index is 0.00951. The number of nitrogens with zero attached hydrogens (tertiary/aromatic N) is 3. The monoisotopic (exact) mass is 243 g/mol. The molecule has 1 heterocycles. The first-order valence-corrected chi connectivity index (χ1v) is 5.46. The Morgan fingerprint density at radius 3 is 2.88 bits per heavy atom. The second kappa shape index (κ2) is 6.97. The average molecular weight is 243 g/mol. The van der Waals surface area contributed by atoms with Crippen LogP contribution in [-0.4, -0.2) is 52.5 Å². The smallest absolute Gasteiger partial charge is 0.360 e. The van der Waals surface area contributed by atoms with Crippen molar-refractivity contribution in [3.8, 4) is 0 Å². The van der Waals surface area contributed by atoms with Gasteiger partial charge >= 0.3 is 5.97 Å². The van der Waals surface area contributed by atoms with E-state index in [-0.39, 0.29) is 12.3 Å². The Labute approximate surface area is 99.3 Å². The number of carbonyl (C=O) groups excluding carboxylic acids is 1. The van der Waals surface area contributed by atoms with Crippen molar-refractivity contribution in [1.29, 1.82) is 0 Å². The normalized spacial score (nSPS) is 10.5. The van der Waals surface area contributed by atoms with Gasteiger partial charge < -0.3 is 14.6 Å². The van der Waals surface area contributed by atoms with Gasteiger partial charge in [-0.25, -0.2) is 9.48 Å². The molecule has 0 amide bonds. The van der Waals surface area contributed by atoms with Gasteiger partial charge in [-0.3, -0.25) is 0 Å². The average Bonchev–Trinajstić information content (AvgIpc) is 2.67. The van der Waals surface area contributed by atoms with Crippen LogP contribution in [0.4, 0.5) is 0 Å². The number of carbonyl (C=O) groups is 1. The van der Waals surface area contributed by atoms with Crippen LogP contribution >= 0.6 is 0 Å². The number of aliphatic hydroxyl groups is 1. The van der Waals surface area contributed by atoms with E-state index in [0.29, 0.717) is 32.1 Å². The minimum atomic E-state index is -0.465. The van der Waals surface area contributed by atoms with Crippen molar-refractivity contribution in [2.45, 2.75) is 20.4 Å². The fourth-order valence-electron chi connectivity index (χ4n) is 1.28. The lowest BCUT2D eigenvalue weighted by Gasteiger charge is -2.04. The highest BCUT2D eigenvalue weighted by Gasteiger charge is 2.16. The van der Waals surface area contributed by atoms with Gasteiger partial charge in [0, 0.05) is 0 Å². The standard InChI is InChI=1S/C10H17N3O4/c1-3-17-10(15)9-8(2)13(12-11-9)4-6-16-7-5-14/h14H,3-7H2,1-2H3. The highest BCUT2D eigenvalue weighted by molar-refractivity contribution is 5.88. The van der Waals surface area contributed by atoms with Gasteiger partial charge in [-0.05, 0) is 13.8 Å². The van der Waals surface area contributed by atoms with Crippen LogP contribution in [-0.2, 0) is 16.0 Å². The van der Waals surface area contributed by atoms with Gasteiger partial charge in [-0.2, -0.15) is 0 Å². The van der Waals surface area contributed by atoms with Crippen LogP contribution in [0.2, 0.25) is 0 Å². The van der Waals surface area contributed by atoms with Gasteiger partial charge in [0.15, 0.2) is 5.69 Å². The quantitative estimate of drug-likeness (QED) is 0.526. The summed E-state index contributed by atoms with van der Waals surface area (Å²) < 4.78 is 11.5. The molecule has 1 aromatic rings. The molecule has 1 N–H and O–H groups in total. The zero-order valence-corrected chi connectivity index (χ0v) is 10.0. The third kappa shape index (κ3) is 3.79. The van der Waals surface area contributed by atoms with E-state index < -0.39 is 5.97 Å². The van der Waals surface area contributed by atoms with Gasteiger partial charge in [-0.15, -0.1) is 5.10 Å². The Morgan fingerprint density at radius 2 is 2.24 bits per heavy atom. The predicted octanol–water partition coefficient (Wildman–Crippen LogP) is -0.228. The van der Waals surface area contributed by atoms with Gasteiger partial charge in [0.25, 0.3) is 0 Å². The first-order valence-electron chi connectivity index (χ1n) is 5.46. The fourth-order valence-corrected chi connectivity index (χ4v) is 1.28. The molecular weight excluding hydrogens is 226 g/mol. The van der Waals surface area contributed by atoms with Crippen LogP contribution < -0.4 is 0 Å². The molecule has 17 heavy (non-hydrogen) atoms. The maximum atomic E-state index is 11.5. The van der Waals surface area contributed by atoms with Crippen LogP contribution in [0, 0.1) is 6.92 Å². The molecule has 0 aliphatic carbocycles. The second-order valence-corrected chi connectivity index (χ2v) is 3.30. The molecule has 1 aromatic heterocycles. The van der Waals surface area contributed by atoms with E-state index in [1.807, 2.05) is 0 Å². The second-order valence-electron chi connectivity index (χ2n) is 3.30. The lowest BCUT2D eigenvalue weighted by molar-refractivity contribution is 0.0518. The number of ether oxygens (including phenoxy) is 2. The molecule has 0 atom stereocenters. The molecule has 0 saturated heterocycles. The summed E-state index contributed by atoms with van der Waals surface area (Å²) in [6.07, 6.45) is 0. The first kappa shape index (κ1) is 13.6. The number of hydrogen-bond donors (Lipinski definition) is 1. The third-order valence-electron chi connectivity index (χ3n) is 2.13. The summed E-state index contributed by atoms with van der Waals surface area (Å²) in [5.74, 6) is -0.465. The minimum Gasteiger partial charge on any atom is -0.461 e. The van der Waals surface area contributed by atoms with Crippen molar-refractivity contribution in [1.82, 2.24) is 15.0 Å². The van der Waals surface area contributed by atoms with Crippen LogP contribution in [0.1, 0.15) is 23.1 Å². The molecule has 7 heteroatoms.